The van der Waals surface area contributed by atoms with E-state index in [1.165, 1.54) is 16.7 Å². The van der Waals surface area contributed by atoms with Gasteiger partial charge in [0.2, 0.25) is 0 Å². The van der Waals surface area contributed by atoms with Crippen LogP contribution in [0.4, 0.5) is 0 Å². The van der Waals surface area contributed by atoms with E-state index < -0.39 is 0 Å². The van der Waals surface area contributed by atoms with Crippen molar-refractivity contribution >= 4 is 16.6 Å². The van der Waals surface area contributed by atoms with Crippen LogP contribution < -0.4 is 5.56 Å². The minimum absolute atomic E-state index is 0.109. The smallest absolute Gasteiger partial charge is 0.280 e. The summed E-state index contributed by atoms with van der Waals surface area (Å²) in [6.07, 6.45) is 13.7. The summed E-state index contributed by atoms with van der Waals surface area (Å²) in [6, 6.07) is 12.0. The van der Waals surface area contributed by atoms with Crippen molar-refractivity contribution in [3.05, 3.63) is 100 Å². The molecule has 2 atom stereocenters. The van der Waals surface area contributed by atoms with Crippen molar-refractivity contribution in [1.29, 1.82) is 0 Å². The molecule has 2 aliphatic carbocycles. The summed E-state index contributed by atoms with van der Waals surface area (Å²) in [5, 5.41) is 0. The fraction of sp³-hybridized carbons (Fsp3) is 0.208. The fourth-order valence-corrected chi connectivity index (χ4v) is 4.19. The Morgan fingerprint density at radius 1 is 1.14 bits per heavy atom. The number of nitrogens with zero attached hydrogens (tertiary/aromatic N) is 3. The Balaban J connectivity index is 1.38. The predicted molar refractivity (Wildman–Crippen MR) is 112 cm³/mol. The second-order valence-corrected chi connectivity index (χ2v) is 7.60. The maximum Gasteiger partial charge on any atom is 0.280 e. The van der Waals surface area contributed by atoms with Crippen LogP contribution in [0.1, 0.15) is 24.5 Å². The summed E-state index contributed by atoms with van der Waals surface area (Å²) in [7, 11) is 0. The number of hydrogen-bond donors (Lipinski definition) is 0. The molecule has 0 bridgehead atoms. The molecule has 0 aliphatic heterocycles. The average Bonchev–Trinajstić information content (AvgIpc) is 3.11. The number of aromatic nitrogens is 3. The number of hydrogen-bond acceptors (Lipinski definition) is 3. The first-order valence-electron chi connectivity index (χ1n) is 9.65. The third kappa shape index (κ3) is 2.91. The van der Waals surface area contributed by atoms with Gasteiger partial charge in [0.15, 0.2) is 5.52 Å². The lowest BCUT2D eigenvalue weighted by atomic mass is 9.84. The maximum absolute atomic E-state index is 12.6. The Labute approximate surface area is 163 Å². The maximum atomic E-state index is 12.6. The molecule has 2 unspecified atom stereocenters. The average molecular weight is 367 g/mol. The van der Waals surface area contributed by atoms with Gasteiger partial charge in [0, 0.05) is 12.1 Å². The Morgan fingerprint density at radius 3 is 2.86 bits per heavy atom. The Hall–Kier alpha value is -3.27. The van der Waals surface area contributed by atoms with E-state index in [0.29, 0.717) is 29.4 Å². The Bertz CT molecular complexity index is 1200. The van der Waals surface area contributed by atoms with Gasteiger partial charge in [-0.05, 0) is 48.1 Å². The van der Waals surface area contributed by atoms with Gasteiger partial charge in [0.1, 0.15) is 0 Å². The predicted octanol–water partition coefficient (Wildman–Crippen LogP) is 4.38. The third-order valence-corrected chi connectivity index (χ3v) is 5.80. The largest absolute Gasteiger partial charge is 0.293 e. The quantitative estimate of drug-likeness (QED) is 0.646. The second kappa shape index (κ2) is 6.71. The summed E-state index contributed by atoms with van der Waals surface area (Å²) in [5.41, 5.74) is 5.98. The van der Waals surface area contributed by atoms with Crippen molar-refractivity contribution in [3.8, 4) is 0 Å². The van der Waals surface area contributed by atoms with E-state index in [0.717, 1.165) is 12.0 Å². The van der Waals surface area contributed by atoms with Crippen LogP contribution in [-0.4, -0.2) is 14.5 Å². The van der Waals surface area contributed by atoms with Crippen molar-refractivity contribution in [3.63, 3.8) is 0 Å². The molecule has 4 heteroatoms. The standard InChI is InChI=1S/C24H21N3O/c1-16-4-7-20-13-19(10-11-21(16)20)18-8-5-17(6-9-18)14-27-15-26-22-3-2-12-25-23(22)24(27)28/h2-6,8-13,15,20-21H,7,14H2,1H3. The molecule has 0 N–H and O–H groups in total. The monoisotopic (exact) mass is 367 g/mol. The van der Waals surface area contributed by atoms with Crippen molar-refractivity contribution in [2.45, 2.75) is 19.9 Å². The van der Waals surface area contributed by atoms with Crippen molar-refractivity contribution in [2.24, 2.45) is 11.8 Å². The number of allylic oxidation sites excluding steroid dienone is 6. The summed E-state index contributed by atoms with van der Waals surface area (Å²) in [5.74, 6) is 1.17. The van der Waals surface area contributed by atoms with E-state index in [2.05, 4.69) is 65.5 Å². The minimum Gasteiger partial charge on any atom is -0.293 e. The highest BCUT2D eigenvalue weighted by Gasteiger charge is 2.26. The molecule has 0 fully saturated rings. The van der Waals surface area contributed by atoms with Crippen LogP contribution in [0.5, 0.6) is 0 Å². The van der Waals surface area contributed by atoms with Crippen LogP contribution in [0.3, 0.4) is 0 Å². The summed E-state index contributed by atoms with van der Waals surface area (Å²) in [4.78, 5) is 21.1. The zero-order valence-electron chi connectivity index (χ0n) is 15.7. The van der Waals surface area contributed by atoms with E-state index in [1.54, 1.807) is 29.2 Å². The van der Waals surface area contributed by atoms with Gasteiger partial charge in [-0.25, -0.2) is 9.97 Å². The summed E-state index contributed by atoms with van der Waals surface area (Å²) in [6.45, 7) is 2.71. The third-order valence-electron chi connectivity index (χ3n) is 5.80. The molecule has 2 aromatic heterocycles. The van der Waals surface area contributed by atoms with Crippen LogP contribution in [0.15, 0.2) is 83.6 Å². The minimum atomic E-state index is -0.109. The molecule has 0 radical (unpaired) electrons. The molecule has 5 rings (SSSR count). The molecule has 2 aliphatic rings. The van der Waals surface area contributed by atoms with E-state index in [-0.39, 0.29) is 5.56 Å². The van der Waals surface area contributed by atoms with Crippen LogP contribution in [0.2, 0.25) is 0 Å². The zero-order chi connectivity index (χ0) is 19.1. The molecule has 0 saturated heterocycles. The highest BCUT2D eigenvalue weighted by Crippen LogP contribution is 2.39. The lowest BCUT2D eigenvalue weighted by molar-refractivity contribution is 0.580. The first kappa shape index (κ1) is 16.9. The number of rotatable bonds is 3. The van der Waals surface area contributed by atoms with E-state index in [1.807, 2.05) is 0 Å². The van der Waals surface area contributed by atoms with E-state index in [4.69, 9.17) is 0 Å². The van der Waals surface area contributed by atoms with Gasteiger partial charge < -0.3 is 0 Å². The molecule has 4 nitrogen and oxygen atoms in total. The first-order chi connectivity index (χ1) is 13.7. The van der Waals surface area contributed by atoms with Gasteiger partial charge in [-0.1, -0.05) is 54.1 Å². The van der Waals surface area contributed by atoms with Gasteiger partial charge >= 0.3 is 0 Å². The highest BCUT2D eigenvalue weighted by molar-refractivity contribution is 5.76. The van der Waals surface area contributed by atoms with Crippen LogP contribution >= 0.6 is 0 Å². The van der Waals surface area contributed by atoms with E-state index >= 15 is 0 Å². The number of fused-ring (bicyclic) bond motifs is 2. The number of pyridine rings is 1. The molecule has 138 valence electrons. The fourth-order valence-electron chi connectivity index (χ4n) is 4.19. The van der Waals surface area contributed by atoms with Crippen molar-refractivity contribution in [2.75, 3.05) is 0 Å². The van der Waals surface area contributed by atoms with Gasteiger partial charge in [-0.3, -0.25) is 9.36 Å². The molecular formula is C24H21N3O. The highest BCUT2D eigenvalue weighted by atomic mass is 16.1. The lowest BCUT2D eigenvalue weighted by Gasteiger charge is -2.21. The molecule has 0 amide bonds. The Morgan fingerprint density at radius 2 is 2.00 bits per heavy atom. The zero-order valence-corrected chi connectivity index (χ0v) is 15.7. The Kier molecular flexibility index (Phi) is 4.05. The van der Waals surface area contributed by atoms with Crippen molar-refractivity contribution < 1.29 is 0 Å². The second-order valence-electron chi connectivity index (χ2n) is 7.60. The summed E-state index contributed by atoms with van der Waals surface area (Å²) >= 11 is 0. The molecular weight excluding hydrogens is 346 g/mol. The normalized spacial score (nSPS) is 20.8. The first-order valence-corrected chi connectivity index (χ1v) is 9.65. The molecule has 1 aromatic carbocycles. The topological polar surface area (TPSA) is 47.8 Å². The SMILES string of the molecule is CC1=CCC2C=C(c3ccc(Cn4cnc5cccnc5c4=O)cc3)C=CC12. The summed E-state index contributed by atoms with van der Waals surface area (Å²) < 4.78 is 1.61. The molecule has 3 aromatic rings. The molecule has 28 heavy (non-hydrogen) atoms. The van der Waals surface area contributed by atoms with Gasteiger partial charge in [0.25, 0.3) is 5.56 Å². The number of benzene rings is 1. The van der Waals surface area contributed by atoms with Crippen molar-refractivity contribution in [1.82, 2.24) is 14.5 Å². The molecule has 0 spiro atoms. The van der Waals surface area contributed by atoms with Crippen LogP contribution in [-0.2, 0) is 6.54 Å². The van der Waals surface area contributed by atoms with Crippen LogP contribution in [0.25, 0.3) is 16.6 Å². The molecule has 0 saturated carbocycles. The van der Waals surface area contributed by atoms with Gasteiger partial charge in [-0.15, -0.1) is 0 Å². The van der Waals surface area contributed by atoms with Gasteiger partial charge in [0.05, 0.1) is 18.4 Å². The van der Waals surface area contributed by atoms with Crippen LogP contribution in [0, 0.1) is 11.8 Å². The lowest BCUT2D eigenvalue weighted by Crippen LogP contribution is -2.21. The molecule has 2 heterocycles. The van der Waals surface area contributed by atoms with E-state index in [9.17, 15) is 4.79 Å². The van der Waals surface area contributed by atoms with Gasteiger partial charge in [-0.2, -0.15) is 0 Å².